The molecule has 1 rings (SSSR count). The zero-order chi connectivity index (χ0) is 18.1. The first-order valence-electron chi connectivity index (χ1n) is 7.92. The lowest BCUT2D eigenvalue weighted by molar-refractivity contribution is -0.129. The zero-order valence-electron chi connectivity index (χ0n) is 14.5. The van der Waals surface area contributed by atoms with E-state index in [2.05, 4.69) is 11.9 Å². The highest BCUT2D eigenvalue weighted by Gasteiger charge is 2.23. The van der Waals surface area contributed by atoms with Gasteiger partial charge in [-0.3, -0.25) is 9.59 Å². The van der Waals surface area contributed by atoms with Gasteiger partial charge in [0.25, 0.3) is 5.91 Å². The van der Waals surface area contributed by atoms with Gasteiger partial charge in [-0.25, -0.2) is 0 Å². The van der Waals surface area contributed by atoms with Gasteiger partial charge < -0.3 is 20.5 Å². The van der Waals surface area contributed by atoms with Gasteiger partial charge in [-0.1, -0.05) is 32.4 Å². The number of nitrogens with two attached hydrogens (primary N) is 1. The molecule has 0 bridgehead atoms. The molecule has 3 N–H and O–H groups in total. The van der Waals surface area contributed by atoms with E-state index in [4.69, 9.17) is 15.2 Å². The molecule has 0 heterocycles. The van der Waals surface area contributed by atoms with Crippen LogP contribution in [0.25, 0.3) is 0 Å². The van der Waals surface area contributed by atoms with Crippen LogP contribution in [0.15, 0.2) is 30.9 Å². The van der Waals surface area contributed by atoms with Crippen molar-refractivity contribution in [2.45, 2.75) is 32.7 Å². The van der Waals surface area contributed by atoms with Crippen molar-refractivity contribution in [2.75, 3.05) is 13.7 Å². The summed E-state index contributed by atoms with van der Waals surface area (Å²) in [7, 11) is 1.53. The second-order valence-electron chi connectivity index (χ2n) is 5.60. The van der Waals surface area contributed by atoms with E-state index in [1.165, 1.54) is 7.11 Å². The standard InChI is InChI=1S/C18H26N2O4/c1-5-7-13-8-9-14(15(10-13)23-4)24-11-16(21)20-17(18(19)22)12(3)6-2/h5,8-10,12,17H,1,6-7,11H2,2-4H3,(H2,19,22)(H,20,21). The Hall–Kier alpha value is -2.50. The number of amides is 2. The van der Waals surface area contributed by atoms with E-state index in [0.29, 0.717) is 17.9 Å². The number of methoxy groups -OCH3 is 1. The van der Waals surface area contributed by atoms with Crippen molar-refractivity contribution >= 4 is 11.8 Å². The zero-order valence-corrected chi connectivity index (χ0v) is 14.5. The number of allylic oxidation sites excluding steroid dienone is 1. The molecule has 1 aromatic carbocycles. The Bertz CT molecular complexity index is 586. The summed E-state index contributed by atoms with van der Waals surface area (Å²) < 4.78 is 10.8. The van der Waals surface area contributed by atoms with Gasteiger partial charge in [0, 0.05) is 0 Å². The topological polar surface area (TPSA) is 90.6 Å². The first kappa shape index (κ1) is 19.5. The van der Waals surface area contributed by atoms with Crippen molar-refractivity contribution in [3.8, 4) is 11.5 Å². The van der Waals surface area contributed by atoms with E-state index in [1.807, 2.05) is 26.0 Å². The molecular formula is C18H26N2O4. The number of nitrogens with one attached hydrogen (secondary N) is 1. The lowest BCUT2D eigenvalue weighted by Crippen LogP contribution is -2.49. The van der Waals surface area contributed by atoms with Crippen LogP contribution in [0.3, 0.4) is 0 Å². The molecule has 6 nitrogen and oxygen atoms in total. The number of ether oxygens (including phenoxy) is 2. The molecule has 2 unspecified atom stereocenters. The summed E-state index contributed by atoms with van der Waals surface area (Å²) in [6.07, 6.45) is 3.24. The van der Waals surface area contributed by atoms with E-state index < -0.39 is 17.9 Å². The van der Waals surface area contributed by atoms with Gasteiger partial charge in [-0.05, 0) is 30.0 Å². The van der Waals surface area contributed by atoms with Gasteiger partial charge >= 0.3 is 0 Å². The fraction of sp³-hybridized carbons (Fsp3) is 0.444. The van der Waals surface area contributed by atoms with Crippen LogP contribution >= 0.6 is 0 Å². The van der Waals surface area contributed by atoms with Gasteiger partial charge in [-0.2, -0.15) is 0 Å². The van der Waals surface area contributed by atoms with Crippen LogP contribution in [0.5, 0.6) is 11.5 Å². The van der Waals surface area contributed by atoms with E-state index >= 15 is 0 Å². The van der Waals surface area contributed by atoms with Gasteiger partial charge in [0.15, 0.2) is 18.1 Å². The summed E-state index contributed by atoms with van der Waals surface area (Å²) in [5.41, 5.74) is 6.37. The van der Waals surface area contributed by atoms with Gasteiger partial charge in [0.1, 0.15) is 6.04 Å². The minimum Gasteiger partial charge on any atom is -0.493 e. The summed E-state index contributed by atoms with van der Waals surface area (Å²) in [5.74, 6) is -0.00490. The van der Waals surface area contributed by atoms with Crippen LogP contribution in [0, 0.1) is 5.92 Å². The molecule has 6 heteroatoms. The van der Waals surface area contributed by atoms with Crippen molar-refractivity contribution in [1.82, 2.24) is 5.32 Å². The third kappa shape index (κ3) is 5.61. The maximum atomic E-state index is 12.0. The molecule has 132 valence electrons. The Morgan fingerprint density at radius 3 is 2.62 bits per heavy atom. The molecule has 1 aromatic rings. The van der Waals surface area contributed by atoms with Gasteiger partial charge in [0.05, 0.1) is 7.11 Å². The number of rotatable bonds is 10. The summed E-state index contributed by atoms with van der Waals surface area (Å²) in [5, 5.41) is 2.61. The Morgan fingerprint density at radius 2 is 2.08 bits per heavy atom. The maximum Gasteiger partial charge on any atom is 0.258 e. The second-order valence-corrected chi connectivity index (χ2v) is 5.60. The van der Waals surface area contributed by atoms with Crippen molar-refractivity contribution < 1.29 is 19.1 Å². The molecule has 0 fully saturated rings. The lowest BCUT2D eigenvalue weighted by Gasteiger charge is -2.21. The quantitative estimate of drug-likeness (QED) is 0.639. The van der Waals surface area contributed by atoms with E-state index in [1.54, 1.807) is 12.1 Å². The van der Waals surface area contributed by atoms with Gasteiger partial charge in [-0.15, -0.1) is 6.58 Å². The minimum absolute atomic E-state index is 0.0424. The van der Waals surface area contributed by atoms with Crippen molar-refractivity contribution in [1.29, 1.82) is 0 Å². The Kier molecular flexibility index (Phi) is 7.82. The van der Waals surface area contributed by atoms with Crippen molar-refractivity contribution in [3.05, 3.63) is 36.4 Å². The normalized spacial score (nSPS) is 12.8. The summed E-state index contributed by atoms with van der Waals surface area (Å²) in [6, 6.07) is 4.75. The highest BCUT2D eigenvalue weighted by molar-refractivity contribution is 5.87. The van der Waals surface area contributed by atoms with Crippen molar-refractivity contribution in [2.24, 2.45) is 11.7 Å². The molecule has 0 spiro atoms. The maximum absolute atomic E-state index is 12.0. The molecule has 2 atom stereocenters. The number of hydrogen-bond donors (Lipinski definition) is 2. The molecule has 2 amide bonds. The highest BCUT2D eigenvalue weighted by atomic mass is 16.5. The van der Waals surface area contributed by atoms with E-state index in [-0.39, 0.29) is 12.5 Å². The number of hydrogen-bond acceptors (Lipinski definition) is 4. The Morgan fingerprint density at radius 1 is 1.38 bits per heavy atom. The van der Waals surface area contributed by atoms with Crippen molar-refractivity contribution in [3.63, 3.8) is 0 Å². The predicted octanol–water partition coefficient (Wildman–Crippen LogP) is 1.82. The summed E-state index contributed by atoms with van der Waals surface area (Å²) >= 11 is 0. The first-order valence-corrected chi connectivity index (χ1v) is 7.92. The molecule has 0 saturated heterocycles. The smallest absolute Gasteiger partial charge is 0.258 e. The Balaban J connectivity index is 2.69. The molecule has 0 saturated carbocycles. The monoisotopic (exact) mass is 334 g/mol. The third-order valence-electron chi connectivity index (χ3n) is 3.80. The lowest BCUT2D eigenvalue weighted by atomic mass is 9.99. The molecule has 0 aliphatic rings. The summed E-state index contributed by atoms with van der Waals surface area (Å²) in [6.45, 7) is 7.26. The number of carbonyl (C=O) groups excluding carboxylic acids is 2. The van der Waals surface area contributed by atoms with Crippen LogP contribution in [0.2, 0.25) is 0 Å². The fourth-order valence-corrected chi connectivity index (χ4v) is 2.21. The van der Waals surface area contributed by atoms with Crippen LogP contribution < -0.4 is 20.5 Å². The molecule has 24 heavy (non-hydrogen) atoms. The predicted molar refractivity (Wildman–Crippen MR) is 93.0 cm³/mol. The van der Waals surface area contributed by atoms with Crippen LogP contribution in [-0.4, -0.2) is 31.6 Å². The molecular weight excluding hydrogens is 308 g/mol. The average Bonchev–Trinajstić information content (AvgIpc) is 2.57. The van der Waals surface area contributed by atoms with Crippen LogP contribution in [0.4, 0.5) is 0 Å². The fourth-order valence-electron chi connectivity index (χ4n) is 2.21. The Labute approximate surface area is 143 Å². The molecule has 0 aliphatic carbocycles. The molecule has 0 aliphatic heterocycles. The number of carbonyl (C=O) groups is 2. The SMILES string of the molecule is C=CCc1ccc(OCC(=O)NC(C(N)=O)C(C)CC)c(OC)c1. The highest BCUT2D eigenvalue weighted by Crippen LogP contribution is 2.28. The molecule has 0 radical (unpaired) electrons. The van der Waals surface area contributed by atoms with E-state index in [0.717, 1.165) is 12.0 Å². The van der Waals surface area contributed by atoms with Crippen LogP contribution in [0.1, 0.15) is 25.8 Å². The third-order valence-corrected chi connectivity index (χ3v) is 3.80. The molecule has 0 aromatic heterocycles. The van der Waals surface area contributed by atoms with Gasteiger partial charge in [0.2, 0.25) is 5.91 Å². The summed E-state index contributed by atoms with van der Waals surface area (Å²) in [4.78, 5) is 23.5. The number of benzene rings is 1. The van der Waals surface area contributed by atoms with E-state index in [9.17, 15) is 9.59 Å². The van der Waals surface area contributed by atoms with Crippen LogP contribution in [-0.2, 0) is 16.0 Å². The number of primary amides is 1. The second kappa shape index (κ2) is 9.60. The average molecular weight is 334 g/mol. The minimum atomic E-state index is -0.706. The first-order chi connectivity index (χ1) is 11.4. The largest absolute Gasteiger partial charge is 0.493 e.